The van der Waals surface area contributed by atoms with Gasteiger partial charge in [-0.15, -0.1) is 0 Å². The molecule has 0 N–H and O–H groups in total. The summed E-state index contributed by atoms with van der Waals surface area (Å²) < 4.78 is 13.3. The van der Waals surface area contributed by atoms with Gasteiger partial charge in [-0.1, -0.05) is 42.4 Å². The van der Waals surface area contributed by atoms with Gasteiger partial charge in [0.15, 0.2) is 0 Å². The highest BCUT2D eigenvalue weighted by atomic mass is 127. The molecule has 2 rings (SSSR count). The predicted molar refractivity (Wildman–Crippen MR) is 88.0 cm³/mol. The molecule has 0 spiro atoms. The van der Waals surface area contributed by atoms with E-state index in [1.54, 1.807) is 0 Å². The molecule has 19 heavy (non-hydrogen) atoms. The summed E-state index contributed by atoms with van der Waals surface area (Å²) in [5.74, 6) is 0.954. The highest BCUT2D eigenvalue weighted by molar-refractivity contribution is 14.1. The van der Waals surface area contributed by atoms with Crippen molar-refractivity contribution in [2.24, 2.45) is 5.92 Å². The maximum atomic E-state index is 6.35. The normalized spacial score (nSPS) is 36.3. The van der Waals surface area contributed by atoms with E-state index < -0.39 is 0 Å². The number of rotatable bonds is 6. The third kappa shape index (κ3) is 4.85. The van der Waals surface area contributed by atoms with Crippen molar-refractivity contribution in [2.45, 2.75) is 76.4 Å². The summed E-state index contributed by atoms with van der Waals surface area (Å²) in [4.78, 5) is 0. The Labute approximate surface area is 132 Å². The predicted octanol–water partition coefficient (Wildman–Crippen LogP) is 4.74. The first-order valence-electron chi connectivity index (χ1n) is 8.09. The molecule has 3 heteroatoms. The molecule has 0 aromatic heterocycles. The minimum Gasteiger partial charge on any atom is -0.376 e. The first-order chi connectivity index (χ1) is 9.28. The molecule has 1 saturated heterocycles. The van der Waals surface area contributed by atoms with E-state index in [1.165, 1.54) is 57.8 Å². The van der Waals surface area contributed by atoms with Crippen LogP contribution < -0.4 is 0 Å². The SMILES string of the molecule is CCCC1CCC(CI)(OCC2CCCCO2)CC1. The Morgan fingerprint density at radius 3 is 2.58 bits per heavy atom. The van der Waals surface area contributed by atoms with Gasteiger partial charge in [-0.25, -0.2) is 0 Å². The molecule has 2 aliphatic rings. The van der Waals surface area contributed by atoms with Gasteiger partial charge in [-0.2, -0.15) is 0 Å². The van der Waals surface area contributed by atoms with Gasteiger partial charge < -0.3 is 9.47 Å². The Hall–Kier alpha value is 0.650. The van der Waals surface area contributed by atoms with E-state index in [1.807, 2.05) is 0 Å². The van der Waals surface area contributed by atoms with Crippen LogP contribution in [0.5, 0.6) is 0 Å². The molecule has 1 heterocycles. The van der Waals surface area contributed by atoms with Crippen molar-refractivity contribution in [2.75, 3.05) is 17.6 Å². The average Bonchev–Trinajstić information content (AvgIpc) is 2.48. The summed E-state index contributed by atoms with van der Waals surface area (Å²) in [5, 5.41) is 0. The Balaban J connectivity index is 1.75. The molecule has 2 fully saturated rings. The minimum absolute atomic E-state index is 0.158. The molecule has 1 atom stereocenters. The molecule has 1 unspecified atom stereocenters. The zero-order chi connectivity index (χ0) is 13.6. The fourth-order valence-electron chi connectivity index (χ4n) is 3.43. The number of ether oxygens (including phenoxy) is 2. The molecule has 0 aromatic carbocycles. The summed E-state index contributed by atoms with van der Waals surface area (Å²) in [5.41, 5.74) is 0.158. The van der Waals surface area contributed by atoms with Crippen molar-refractivity contribution in [3.63, 3.8) is 0 Å². The van der Waals surface area contributed by atoms with Crippen LogP contribution in [0, 0.1) is 5.92 Å². The molecular formula is C16H29IO2. The molecule has 112 valence electrons. The topological polar surface area (TPSA) is 18.5 Å². The molecule has 0 radical (unpaired) electrons. The van der Waals surface area contributed by atoms with Gasteiger partial charge in [0.05, 0.1) is 18.3 Å². The standard InChI is InChI=1S/C16H29IO2/c1-2-5-14-7-9-16(13-17,10-8-14)19-12-15-6-3-4-11-18-15/h14-15H,2-13H2,1H3. The van der Waals surface area contributed by atoms with Gasteiger partial charge in [0, 0.05) is 11.0 Å². The van der Waals surface area contributed by atoms with Crippen LogP contribution in [0.25, 0.3) is 0 Å². The smallest absolute Gasteiger partial charge is 0.0808 e. The first-order valence-corrected chi connectivity index (χ1v) is 9.62. The summed E-state index contributed by atoms with van der Waals surface area (Å²) >= 11 is 2.52. The van der Waals surface area contributed by atoms with Gasteiger partial charge in [-0.05, 0) is 50.9 Å². The minimum atomic E-state index is 0.158. The largest absolute Gasteiger partial charge is 0.376 e. The third-order valence-corrected chi connectivity index (χ3v) is 6.20. The number of halogens is 1. The molecule has 0 aromatic rings. The lowest BCUT2D eigenvalue weighted by molar-refractivity contribution is -0.113. The maximum Gasteiger partial charge on any atom is 0.0808 e. The van der Waals surface area contributed by atoms with Crippen LogP contribution in [0.2, 0.25) is 0 Å². The second-order valence-corrected chi connectivity index (χ2v) is 7.11. The molecule has 1 aliphatic heterocycles. The average molecular weight is 380 g/mol. The number of hydrogen-bond acceptors (Lipinski definition) is 2. The highest BCUT2D eigenvalue weighted by Crippen LogP contribution is 2.38. The van der Waals surface area contributed by atoms with Crippen molar-refractivity contribution in [3.05, 3.63) is 0 Å². The second kappa shape index (κ2) is 8.18. The summed E-state index contributed by atoms with van der Waals surface area (Å²) in [6, 6.07) is 0. The van der Waals surface area contributed by atoms with Gasteiger partial charge in [-0.3, -0.25) is 0 Å². The molecule has 1 aliphatic carbocycles. The van der Waals surface area contributed by atoms with E-state index in [9.17, 15) is 0 Å². The van der Waals surface area contributed by atoms with E-state index in [0.29, 0.717) is 6.10 Å². The van der Waals surface area contributed by atoms with Gasteiger partial charge in [0.2, 0.25) is 0 Å². The van der Waals surface area contributed by atoms with E-state index in [4.69, 9.17) is 9.47 Å². The van der Waals surface area contributed by atoms with Crippen molar-refractivity contribution in [1.82, 2.24) is 0 Å². The van der Waals surface area contributed by atoms with Gasteiger partial charge in [0.25, 0.3) is 0 Å². The van der Waals surface area contributed by atoms with E-state index in [-0.39, 0.29) is 5.60 Å². The molecule has 2 nitrogen and oxygen atoms in total. The third-order valence-electron chi connectivity index (χ3n) is 4.81. The van der Waals surface area contributed by atoms with Crippen LogP contribution in [-0.2, 0) is 9.47 Å². The summed E-state index contributed by atoms with van der Waals surface area (Å²) in [6.45, 7) is 4.06. The zero-order valence-electron chi connectivity index (χ0n) is 12.3. The highest BCUT2D eigenvalue weighted by Gasteiger charge is 2.35. The Kier molecular flexibility index (Phi) is 6.90. The van der Waals surface area contributed by atoms with Crippen LogP contribution in [0.15, 0.2) is 0 Å². The van der Waals surface area contributed by atoms with Gasteiger partial charge in [0.1, 0.15) is 0 Å². The Bertz CT molecular complexity index is 243. The number of alkyl halides is 1. The van der Waals surface area contributed by atoms with E-state index in [0.717, 1.165) is 23.6 Å². The van der Waals surface area contributed by atoms with Crippen LogP contribution >= 0.6 is 22.6 Å². The monoisotopic (exact) mass is 380 g/mol. The maximum absolute atomic E-state index is 6.35. The fraction of sp³-hybridized carbons (Fsp3) is 1.00. The van der Waals surface area contributed by atoms with Crippen LogP contribution in [0.4, 0.5) is 0 Å². The van der Waals surface area contributed by atoms with Crippen LogP contribution in [0.3, 0.4) is 0 Å². The fourth-order valence-corrected chi connectivity index (χ4v) is 4.41. The zero-order valence-corrected chi connectivity index (χ0v) is 14.5. The lowest BCUT2D eigenvalue weighted by atomic mass is 9.78. The Morgan fingerprint density at radius 2 is 2.00 bits per heavy atom. The lowest BCUT2D eigenvalue weighted by Gasteiger charge is -2.40. The number of hydrogen-bond donors (Lipinski definition) is 0. The van der Waals surface area contributed by atoms with Crippen molar-refractivity contribution < 1.29 is 9.47 Å². The Morgan fingerprint density at radius 1 is 1.21 bits per heavy atom. The first kappa shape index (κ1) is 16.0. The molecule has 1 saturated carbocycles. The van der Waals surface area contributed by atoms with E-state index in [2.05, 4.69) is 29.5 Å². The molecule has 0 amide bonds. The second-order valence-electron chi connectivity index (χ2n) is 6.35. The van der Waals surface area contributed by atoms with Crippen LogP contribution in [0.1, 0.15) is 64.7 Å². The lowest BCUT2D eigenvalue weighted by Crippen LogP contribution is -2.41. The quantitative estimate of drug-likeness (QED) is 0.490. The summed E-state index contributed by atoms with van der Waals surface area (Å²) in [6.07, 6.45) is 12.1. The summed E-state index contributed by atoms with van der Waals surface area (Å²) in [7, 11) is 0. The van der Waals surface area contributed by atoms with Crippen LogP contribution in [-0.4, -0.2) is 29.3 Å². The van der Waals surface area contributed by atoms with Crippen molar-refractivity contribution >= 4 is 22.6 Å². The van der Waals surface area contributed by atoms with Gasteiger partial charge >= 0.3 is 0 Å². The molecular weight excluding hydrogens is 351 g/mol. The van der Waals surface area contributed by atoms with Crippen molar-refractivity contribution in [1.29, 1.82) is 0 Å². The van der Waals surface area contributed by atoms with E-state index >= 15 is 0 Å². The molecule has 0 bridgehead atoms. The van der Waals surface area contributed by atoms with Crippen molar-refractivity contribution in [3.8, 4) is 0 Å².